The molecule has 5 heterocycles. The maximum Gasteiger partial charge on any atom is 0.225 e. The average molecular weight is 860 g/mol. The summed E-state index contributed by atoms with van der Waals surface area (Å²) in [5.41, 5.74) is 6.79. The zero-order chi connectivity index (χ0) is 43.8. The molecule has 0 spiro atoms. The Bertz CT molecular complexity index is 2350. The molecule has 7 rings (SSSR count). The van der Waals surface area contributed by atoms with Gasteiger partial charge in [-0.3, -0.25) is 4.90 Å². The topological polar surface area (TPSA) is 94.7 Å². The highest BCUT2D eigenvalue weighted by Crippen LogP contribution is 2.36. The Morgan fingerprint density at radius 3 is 2.32 bits per heavy atom. The van der Waals surface area contributed by atoms with Gasteiger partial charge >= 0.3 is 0 Å². The van der Waals surface area contributed by atoms with Gasteiger partial charge in [-0.15, -0.1) is 0 Å². The molecule has 2 aromatic carbocycles. The Kier molecular flexibility index (Phi) is 14.6. The van der Waals surface area contributed by atoms with E-state index in [1.165, 1.54) is 35.4 Å². The molecule has 0 unspecified atom stereocenters. The van der Waals surface area contributed by atoms with Crippen molar-refractivity contribution in [1.82, 2.24) is 44.3 Å². The first-order valence-corrected chi connectivity index (χ1v) is 22.3. The number of pyridine rings is 1. The van der Waals surface area contributed by atoms with Crippen LogP contribution in [0, 0.1) is 11.6 Å². The predicted molar refractivity (Wildman–Crippen MR) is 252 cm³/mol. The molecule has 0 saturated carbocycles. The lowest BCUT2D eigenvalue weighted by molar-refractivity contribution is 0.201. The van der Waals surface area contributed by atoms with E-state index in [4.69, 9.17) is 9.97 Å². The van der Waals surface area contributed by atoms with Gasteiger partial charge in [-0.1, -0.05) is 64.4 Å². The summed E-state index contributed by atoms with van der Waals surface area (Å²) in [6.07, 6.45) is 12.1. The molecule has 0 atom stereocenters. The van der Waals surface area contributed by atoms with Crippen LogP contribution in [0.15, 0.2) is 111 Å². The van der Waals surface area contributed by atoms with Gasteiger partial charge in [0.15, 0.2) is 5.82 Å². The van der Waals surface area contributed by atoms with Crippen LogP contribution >= 0.6 is 12.1 Å². The van der Waals surface area contributed by atoms with Crippen molar-refractivity contribution in [2.75, 3.05) is 75.6 Å². The minimum absolute atomic E-state index is 0.177. The number of rotatable bonds is 19. The third-order valence-corrected chi connectivity index (χ3v) is 12.8. The number of benzene rings is 2. The zero-order valence-corrected chi connectivity index (χ0v) is 37.1. The van der Waals surface area contributed by atoms with E-state index in [9.17, 15) is 0 Å². The number of fused-ring (bicyclic) bond motifs is 1. The molecule has 3 N–H and O–H groups in total. The molecular weight excluding hydrogens is 801 g/mol. The summed E-state index contributed by atoms with van der Waals surface area (Å²) in [6, 6.07) is 13.7. The number of aromatic nitrogens is 4. The largest absolute Gasteiger partial charge is 0.371 e. The van der Waals surface area contributed by atoms with Gasteiger partial charge in [-0.2, -0.15) is 0 Å². The van der Waals surface area contributed by atoms with Crippen LogP contribution in [0.4, 0.5) is 20.4 Å². The minimum Gasteiger partial charge on any atom is -0.371 e. The van der Waals surface area contributed by atoms with Gasteiger partial charge in [0.2, 0.25) is 5.95 Å². The lowest BCUT2D eigenvalue weighted by Crippen LogP contribution is -2.48. The van der Waals surface area contributed by atoms with Gasteiger partial charge in [0, 0.05) is 117 Å². The van der Waals surface area contributed by atoms with Crippen LogP contribution in [0.2, 0.25) is 0 Å². The number of piperazine rings is 1. The maximum absolute atomic E-state index is 15.7. The van der Waals surface area contributed by atoms with Crippen LogP contribution in [-0.2, 0) is 6.54 Å². The van der Waals surface area contributed by atoms with E-state index in [0.717, 1.165) is 107 Å². The van der Waals surface area contributed by atoms with Crippen molar-refractivity contribution in [2.24, 2.45) is 0 Å². The average Bonchev–Trinajstić information content (AvgIpc) is 3.73. The van der Waals surface area contributed by atoms with E-state index in [-0.39, 0.29) is 16.8 Å². The third-order valence-electron chi connectivity index (χ3n) is 11.9. The van der Waals surface area contributed by atoms with E-state index in [1.807, 2.05) is 24.3 Å². The third kappa shape index (κ3) is 10.3. The van der Waals surface area contributed by atoms with Crippen molar-refractivity contribution in [3.8, 4) is 11.1 Å². The molecule has 3 aromatic heterocycles. The highest BCUT2D eigenvalue weighted by molar-refractivity contribution is 7.98. The summed E-state index contributed by atoms with van der Waals surface area (Å²) in [7, 11) is 1.88. The highest BCUT2D eigenvalue weighted by Gasteiger charge is 2.25. The first kappa shape index (κ1) is 44.4. The van der Waals surface area contributed by atoms with E-state index in [1.54, 1.807) is 31.0 Å². The SMILES string of the molecule is C=CNC(=C)N(CCC)Cc1ccc(C2CCN(CC(=C)N3CCN(c4ncc(-c5cnc6[nH]cc(C(=C)c7c(F)ccc(NSN(C)CC)c7F)c6c5)cn4)CC3)CC2)cc1. The second-order valence-electron chi connectivity index (χ2n) is 16.0. The van der Waals surface area contributed by atoms with Crippen molar-refractivity contribution < 1.29 is 8.78 Å². The van der Waals surface area contributed by atoms with Gasteiger partial charge in [0.05, 0.1) is 17.1 Å². The number of hydrogen-bond acceptors (Lipinski definition) is 11. The Morgan fingerprint density at radius 1 is 0.935 bits per heavy atom. The van der Waals surface area contributed by atoms with E-state index in [0.29, 0.717) is 28.5 Å². The Balaban J connectivity index is 0.900. The number of likely N-dealkylation sites (tertiary alicyclic amines) is 1. The molecule has 2 saturated heterocycles. The molecule has 62 heavy (non-hydrogen) atoms. The maximum atomic E-state index is 15.7. The summed E-state index contributed by atoms with van der Waals surface area (Å²) >= 11 is 1.24. The first-order chi connectivity index (χ1) is 30.1. The molecule has 2 aliphatic rings. The number of H-pyrrole nitrogens is 1. The Labute approximate surface area is 369 Å². The molecule has 0 aliphatic carbocycles. The standard InChI is InChI=1S/C48H59F2N11S/c1-8-19-61(35(6)51-9-2)32-36-11-13-37(14-12-36)38-17-20-58(21-18-38)31-33(4)59-22-24-60(25-23-59)48-54-28-40(29-55-48)39-26-41-42(30-53-47(41)52-27-39)34(5)45-43(49)15-16-44(46(45)50)56-62-57(7)10-3/h9,11-16,26-30,38,51,56H,2,4-6,8,10,17-25,31-32H2,1,3,7H3,(H,52,53). The lowest BCUT2D eigenvalue weighted by Gasteiger charge is -2.39. The van der Waals surface area contributed by atoms with Crippen LogP contribution in [0.3, 0.4) is 0 Å². The molecular formula is C48H59F2N11S. The molecule has 2 fully saturated rings. The van der Waals surface area contributed by atoms with Crippen molar-refractivity contribution >= 4 is 40.4 Å². The number of hydrogen-bond donors (Lipinski definition) is 3. The van der Waals surface area contributed by atoms with Crippen molar-refractivity contribution in [3.05, 3.63) is 145 Å². The Morgan fingerprint density at radius 2 is 1.65 bits per heavy atom. The monoisotopic (exact) mass is 859 g/mol. The van der Waals surface area contributed by atoms with E-state index in [2.05, 4.69) is 97.1 Å². The van der Waals surface area contributed by atoms with Gasteiger partial charge < -0.3 is 29.7 Å². The lowest BCUT2D eigenvalue weighted by atomic mass is 9.89. The summed E-state index contributed by atoms with van der Waals surface area (Å²) in [4.78, 5) is 26.6. The van der Waals surface area contributed by atoms with Gasteiger partial charge in [-0.25, -0.2) is 28.0 Å². The van der Waals surface area contributed by atoms with Gasteiger partial charge in [0.25, 0.3) is 0 Å². The van der Waals surface area contributed by atoms with Gasteiger partial charge in [0.1, 0.15) is 11.5 Å². The Hall–Kier alpha value is -5.70. The summed E-state index contributed by atoms with van der Waals surface area (Å²) < 4.78 is 35.7. The number of nitrogens with one attached hydrogen (secondary N) is 3. The molecule has 14 heteroatoms. The summed E-state index contributed by atoms with van der Waals surface area (Å²) in [5, 5.41) is 3.83. The fourth-order valence-electron chi connectivity index (χ4n) is 8.19. The van der Waals surface area contributed by atoms with Crippen molar-refractivity contribution in [3.63, 3.8) is 0 Å². The van der Waals surface area contributed by atoms with Crippen LogP contribution in [0.5, 0.6) is 0 Å². The zero-order valence-electron chi connectivity index (χ0n) is 36.3. The smallest absolute Gasteiger partial charge is 0.225 e. The fraction of sp³-hybridized carbons (Fsp3) is 0.354. The highest BCUT2D eigenvalue weighted by atomic mass is 32.2. The number of aromatic amines is 1. The van der Waals surface area contributed by atoms with E-state index >= 15 is 8.78 Å². The van der Waals surface area contributed by atoms with E-state index < -0.39 is 11.6 Å². The normalized spacial score (nSPS) is 14.9. The number of piperidine rings is 1. The quantitative estimate of drug-likeness (QED) is 0.0695. The van der Waals surface area contributed by atoms with Crippen molar-refractivity contribution in [1.29, 1.82) is 0 Å². The second kappa shape index (κ2) is 20.4. The minimum atomic E-state index is -0.704. The molecule has 11 nitrogen and oxygen atoms in total. The second-order valence-corrected chi connectivity index (χ2v) is 17.1. The number of anilines is 2. The molecule has 5 aromatic rings. The predicted octanol–water partition coefficient (Wildman–Crippen LogP) is 9.22. The summed E-state index contributed by atoms with van der Waals surface area (Å²) in [5.74, 6) is 0.735. The molecule has 0 amide bonds. The van der Waals surface area contributed by atoms with Crippen LogP contribution in [-0.4, -0.2) is 105 Å². The fourth-order valence-corrected chi connectivity index (χ4v) is 8.73. The number of halogens is 2. The summed E-state index contributed by atoms with van der Waals surface area (Å²) in [6.45, 7) is 29.6. The van der Waals surface area contributed by atoms with Gasteiger partial charge in [-0.05, 0) is 86.4 Å². The van der Waals surface area contributed by atoms with Crippen LogP contribution < -0.4 is 14.9 Å². The molecule has 0 bridgehead atoms. The molecule has 326 valence electrons. The molecule has 0 radical (unpaired) electrons. The van der Waals surface area contributed by atoms with Crippen molar-refractivity contribution in [2.45, 2.75) is 45.6 Å². The number of nitrogens with zero attached hydrogens (tertiary/aromatic N) is 8. The first-order valence-electron chi connectivity index (χ1n) is 21.5. The van der Waals surface area contributed by atoms with Crippen LogP contribution in [0.1, 0.15) is 61.3 Å². The molecule has 2 aliphatic heterocycles. The van der Waals surface area contributed by atoms with Crippen LogP contribution in [0.25, 0.3) is 27.7 Å².